The minimum absolute atomic E-state index is 0.0959. The predicted molar refractivity (Wildman–Crippen MR) is 69.8 cm³/mol. The van der Waals surface area contributed by atoms with Gasteiger partial charge in [0.1, 0.15) is 0 Å². The van der Waals surface area contributed by atoms with E-state index in [0.717, 1.165) is 25.8 Å². The lowest BCUT2D eigenvalue weighted by molar-refractivity contribution is -0.132. The molecule has 0 aromatic heterocycles. The summed E-state index contributed by atoms with van der Waals surface area (Å²) in [4.78, 5) is 12.3. The molecular weight excluding hydrogens is 212 g/mol. The van der Waals surface area contributed by atoms with E-state index in [1.165, 1.54) is 25.7 Å². The lowest BCUT2D eigenvalue weighted by Crippen LogP contribution is -2.52. The van der Waals surface area contributed by atoms with Crippen LogP contribution in [0, 0.1) is 5.41 Å². The van der Waals surface area contributed by atoms with Crippen molar-refractivity contribution < 1.29 is 4.79 Å². The van der Waals surface area contributed by atoms with E-state index >= 15 is 0 Å². The first-order valence-electron chi connectivity index (χ1n) is 7.14. The molecular formula is C14H26N2O. The molecule has 98 valence electrons. The van der Waals surface area contributed by atoms with Crippen LogP contribution in [0.1, 0.15) is 58.8 Å². The van der Waals surface area contributed by atoms with Crippen LogP contribution in [0.15, 0.2) is 0 Å². The Morgan fingerprint density at radius 3 is 2.53 bits per heavy atom. The van der Waals surface area contributed by atoms with E-state index in [0.29, 0.717) is 18.0 Å². The lowest BCUT2D eigenvalue weighted by atomic mass is 9.75. The summed E-state index contributed by atoms with van der Waals surface area (Å²) in [5, 5.41) is 6.69. The third-order valence-corrected chi connectivity index (χ3v) is 4.50. The van der Waals surface area contributed by atoms with Crippen LogP contribution < -0.4 is 10.6 Å². The smallest absolute Gasteiger partial charge is 0.226 e. The van der Waals surface area contributed by atoms with E-state index in [1.807, 2.05) is 0 Å². The van der Waals surface area contributed by atoms with Crippen LogP contribution in [0.3, 0.4) is 0 Å². The van der Waals surface area contributed by atoms with Gasteiger partial charge >= 0.3 is 0 Å². The topological polar surface area (TPSA) is 41.1 Å². The van der Waals surface area contributed by atoms with E-state index < -0.39 is 0 Å². The fourth-order valence-electron chi connectivity index (χ4n) is 3.04. The van der Waals surface area contributed by atoms with Gasteiger partial charge in [0, 0.05) is 24.0 Å². The molecule has 1 heterocycles. The Morgan fingerprint density at radius 2 is 1.94 bits per heavy atom. The lowest BCUT2D eigenvalue weighted by Gasteiger charge is -2.35. The maximum absolute atomic E-state index is 12.3. The molecule has 17 heavy (non-hydrogen) atoms. The standard InChI is InChI=1S/C14H26N2O/c1-11-6-7-12(10-15-11)16-13(17)14(2)8-4-3-5-9-14/h11-12,15H,3-10H2,1-2H3,(H,16,17). The van der Waals surface area contributed by atoms with Crippen molar-refractivity contribution in [2.75, 3.05) is 6.54 Å². The molecule has 3 nitrogen and oxygen atoms in total. The number of hydrogen-bond donors (Lipinski definition) is 2. The van der Waals surface area contributed by atoms with Crippen LogP contribution in [0.5, 0.6) is 0 Å². The number of carbonyl (C=O) groups excluding carboxylic acids is 1. The summed E-state index contributed by atoms with van der Waals surface area (Å²) < 4.78 is 0. The summed E-state index contributed by atoms with van der Waals surface area (Å²) in [6.07, 6.45) is 8.14. The molecule has 0 radical (unpaired) electrons. The highest BCUT2D eigenvalue weighted by Gasteiger charge is 2.35. The zero-order valence-electron chi connectivity index (χ0n) is 11.2. The van der Waals surface area contributed by atoms with Gasteiger partial charge in [-0.25, -0.2) is 0 Å². The molecule has 1 aliphatic heterocycles. The summed E-state index contributed by atoms with van der Waals surface area (Å²) >= 11 is 0. The Balaban J connectivity index is 1.83. The van der Waals surface area contributed by atoms with Crippen molar-refractivity contribution in [3.8, 4) is 0 Å². The Hall–Kier alpha value is -0.570. The van der Waals surface area contributed by atoms with Crippen LogP contribution in [0.2, 0.25) is 0 Å². The van der Waals surface area contributed by atoms with E-state index in [1.54, 1.807) is 0 Å². The van der Waals surface area contributed by atoms with E-state index in [2.05, 4.69) is 24.5 Å². The van der Waals surface area contributed by atoms with Crippen molar-refractivity contribution >= 4 is 5.91 Å². The van der Waals surface area contributed by atoms with Gasteiger partial charge in [-0.2, -0.15) is 0 Å². The fraction of sp³-hybridized carbons (Fsp3) is 0.929. The average molecular weight is 238 g/mol. The van der Waals surface area contributed by atoms with E-state index in [4.69, 9.17) is 0 Å². The Bertz CT molecular complexity index is 263. The third-order valence-electron chi connectivity index (χ3n) is 4.50. The highest BCUT2D eigenvalue weighted by atomic mass is 16.2. The van der Waals surface area contributed by atoms with Gasteiger partial charge < -0.3 is 10.6 Å². The van der Waals surface area contributed by atoms with Gasteiger partial charge in [-0.1, -0.05) is 26.2 Å². The summed E-state index contributed by atoms with van der Waals surface area (Å²) in [6, 6.07) is 0.950. The first-order valence-corrected chi connectivity index (χ1v) is 7.14. The van der Waals surface area contributed by atoms with Gasteiger partial charge in [0.05, 0.1) is 0 Å². The zero-order valence-corrected chi connectivity index (χ0v) is 11.2. The molecule has 2 rings (SSSR count). The fourth-order valence-corrected chi connectivity index (χ4v) is 3.04. The van der Waals surface area contributed by atoms with Crippen molar-refractivity contribution in [2.24, 2.45) is 5.41 Å². The normalized spacial score (nSPS) is 33.1. The zero-order chi connectivity index (χ0) is 12.3. The molecule has 0 aromatic rings. The van der Waals surface area contributed by atoms with Crippen molar-refractivity contribution in [1.29, 1.82) is 0 Å². The van der Waals surface area contributed by atoms with Crippen LogP contribution >= 0.6 is 0 Å². The van der Waals surface area contributed by atoms with Gasteiger partial charge in [0.2, 0.25) is 5.91 Å². The number of nitrogens with one attached hydrogen (secondary N) is 2. The number of hydrogen-bond acceptors (Lipinski definition) is 2. The van der Waals surface area contributed by atoms with Gasteiger partial charge in [0.15, 0.2) is 0 Å². The molecule has 2 atom stereocenters. The molecule has 2 unspecified atom stereocenters. The minimum Gasteiger partial charge on any atom is -0.352 e. The molecule has 1 amide bonds. The van der Waals surface area contributed by atoms with Crippen molar-refractivity contribution in [2.45, 2.75) is 70.9 Å². The number of piperidine rings is 1. The van der Waals surface area contributed by atoms with Crippen LogP contribution in [-0.4, -0.2) is 24.5 Å². The summed E-state index contributed by atoms with van der Waals surface area (Å²) in [5.41, 5.74) is -0.0959. The summed E-state index contributed by atoms with van der Waals surface area (Å²) in [6.45, 7) is 5.28. The van der Waals surface area contributed by atoms with E-state index in [-0.39, 0.29) is 5.41 Å². The Morgan fingerprint density at radius 1 is 1.24 bits per heavy atom. The van der Waals surface area contributed by atoms with Crippen molar-refractivity contribution in [3.05, 3.63) is 0 Å². The predicted octanol–water partition coefficient (Wildman–Crippen LogP) is 2.21. The first kappa shape index (κ1) is 12.9. The molecule has 1 saturated carbocycles. The number of amides is 1. The quantitative estimate of drug-likeness (QED) is 0.774. The molecule has 0 spiro atoms. The maximum Gasteiger partial charge on any atom is 0.226 e. The second kappa shape index (κ2) is 5.38. The molecule has 0 aromatic carbocycles. The molecule has 2 N–H and O–H groups in total. The molecule has 2 aliphatic rings. The minimum atomic E-state index is -0.0959. The van der Waals surface area contributed by atoms with Gasteiger partial charge in [-0.15, -0.1) is 0 Å². The van der Waals surface area contributed by atoms with Crippen LogP contribution in [-0.2, 0) is 4.79 Å². The van der Waals surface area contributed by atoms with Crippen molar-refractivity contribution in [3.63, 3.8) is 0 Å². The number of carbonyl (C=O) groups is 1. The molecule has 3 heteroatoms. The highest BCUT2D eigenvalue weighted by molar-refractivity contribution is 5.82. The Labute approximate surface area is 105 Å². The molecule has 1 saturated heterocycles. The van der Waals surface area contributed by atoms with E-state index in [9.17, 15) is 4.79 Å². The molecule has 2 fully saturated rings. The second-order valence-corrected chi connectivity index (χ2v) is 6.18. The largest absolute Gasteiger partial charge is 0.352 e. The summed E-state index contributed by atoms with van der Waals surface area (Å²) in [7, 11) is 0. The van der Waals surface area contributed by atoms with Gasteiger partial charge in [0.25, 0.3) is 0 Å². The number of rotatable bonds is 2. The van der Waals surface area contributed by atoms with Crippen LogP contribution in [0.25, 0.3) is 0 Å². The second-order valence-electron chi connectivity index (χ2n) is 6.18. The van der Waals surface area contributed by atoms with Crippen LogP contribution in [0.4, 0.5) is 0 Å². The van der Waals surface area contributed by atoms with Gasteiger partial charge in [-0.05, 0) is 32.6 Å². The summed E-state index contributed by atoms with van der Waals surface area (Å²) in [5.74, 6) is 0.290. The Kier molecular flexibility index (Phi) is 4.08. The average Bonchev–Trinajstić information content (AvgIpc) is 2.33. The molecule has 1 aliphatic carbocycles. The first-order chi connectivity index (χ1) is 8.10. The third kappa shape index (κ3) is 3.21. The highest BCUT2D eigenvalue weighted by Crippen LogP contribution is 2.36. The SMILES string of the molecule is CC1CCC(NC(=O)C2(C)CCCCC2)CN1. The van der Waals surface area contributed by atoms with Crippen molar-refractivity contribution in [1.82, 2.24) is 10.6 Å². The maximum atomic E-state index is 12.3. The van der Waals surface area contributed by atoms with Gasteiger partial charge in [-0.3, -0.25) is 4.79 Å². The monoisotopic (exact) mass is 238 g/mol. The molecule has 0 bridgehead atoms.